The van der Waals surface area contributed by atoms with Gasteiger partial charge >= 0.3 is 13.8 Å². The highest BCUT2D eigenvalue weighted by molar-refractivity contribution is 7.53. The quantitative estimate of drug-likeness (QED) is 0.443. The Morgan fingerprint density at radius 2 is 1.46 bits per heavy atom. The van der Waals surface area contributed by atoms with Gasteiger partial charge in [-0.25, -0.2) is 4.90 Å². The number of alkyl halides is 3. The van der Waals surface area contributed by atoms with Gasteiger partial charge in [0.2, 0.25) is 0 Å². The van der Waals surface area contributed by atoms with Crippen molar-refractivity contribution < 1.29 is 41.1 Å². The van der Waals surface area contributed by atoms with Crippen molar-refractivity contribution in [2.24, 2.45) is 0 Å². The lowest BCUT2D eigenvalue weighted by molar-refractivity contribution is -0.216. The molecule has 1 unspecified atom stereocenters. The standard InChI is InChI=1S/C17H21F3NO6P/c1-4-26-28(24,27-5-2)11-16(3,25-10-17(18,19)20)21-14(22)12-8-6-7-9-13(12)15(21)23/h6-9H,4-5,10-11H2,1-3H3. The van der Waals surface area contributed by atoms with Gasteiger partial charge in [-0.05, 0) is 32.9 Å². The predicted molar refractivity (Wildman–Crippen MR) is 93.1 cm³/mol. The van der Waals surface area contributed by atoms with Crippen molar-refractivity contribution in [1.82, 2.24) is 4.90 Å². The normalized spacial score (nSPS) is 17.0. The van der Waals surface area contributed by atoms with Crippen LogP contribution in [0.15, 0.2) is 24.3 Å². The van der Waals surface area contributed by atoms with E-state index in [-0.39, 0.29) is 24.3 Å². The molecular formula is C17H21F3NO6P. The van der Waals surface area contributed by atoms with E-state index in [0.29, 0.717) is 4.90 Å². The third-order valence-corrected chi connectivity index (χ3v) is 6.23. The van der Waals surface area contributed by atoms with Gasteiger partial charge in [-0.2, -0.15) is 13.2 Å². The molecule has 0 saturated carbocycles. The molecule has 0 aromatic heterocycles. The van der Waals surface area contributed by atoms with Crippen LogP contribution in [0.25, 0.3) is 0 Å². The molecular weight excluding hydrogens is 402 g/mol. The second-order valence-corrected chi connectivity index (χ2v) is 8.23. The summed E-state index contributed by atoms with van der Waals surface area (Å²) in [7, 11) is -3.96. The molecule has 1 aliphatic rings. The van der Waals surface area contributed by atoms with Crippen LogP contribution in [-0.2, 0) is 18.3 Å². The third kappa shape index (κ3) is 4.81. The number of ether oxygens (including phenoxy) is 1. The Kier molecular flexibility index (Phi) is 6.70. The molecule has 2 rings (SSSR count). The number of nitrogens with zero attached hydrogens (tertiary/aromatic N) is 1. The average Bonchev–Trinajstić information content (AvgIpc) is 2.85. The molecule has 1 aliphatic heterocycles. The van der Waals surface area contributed by atoms with Crippen molar-refractivity contribution >= 4 is 19.4 Å². The number of amides is 2. The summed E-state index contributed by atoms with van der Waals surface area (Å²) in [6.07, 6.45) is -5.48. The number of hydrogen-bond donors (Lipinski definition) is 0. The number of carbonyl (C=O) groups excluding carboxylic acids is 2. The van der Waals surface area contributed by atoms with Gasteiger partial charge in [0.1, 0.15) is 6.61 Å². The van der Waals surface area contributed by atoms with E-state index < -0.39 is 44.1 Å². The van der Waals surface area contributed by atoms with Crippen LogP contribution in [0, 0.1) is 0 Å². The van der Waals surface area contributed by atoms with E-state index in [1.807, 2.05) is 0 Å². The topological polar surface area (TPSA) is 82.1 Å². The molecule has 0 bridgehead atoms. The van der Waals surface area contributed by atoms with Crippen molar-refractivity contribution in [3.05, 3.63) is 35.4 Å². The van der Waals surface area contributed by atoms with Crippen LogP contribution in [0.4, 0.5) is 13.2 Å². The second-order valence-electron chi connectivity index (χ2n) is 6.17. The van der Waals surface area contributed by atoms with Crippen LogP contribution in [0.5, 0.6) is 0 Å². The number of rotatable bonds is 9. The Bertz CT molecular complexity index is 754. The maximum atomic E-state index is 12.9. The van der Waals surface area contributed by atoms with Crippen molar-refractivity contribution in [2.45, 2.75) is 32.7 Å². The molecule has 0 spiro atoms. The maximum absolute atomic E-state index is 12.9. The zero-order valence-electron chi connectivity index (χ0n) is 15.6. The van der Waals surface area contributed by atoms with Gasteiger partial charge in [0, 0.05) is 0 Å². The summed E-state index contributed by atoms with van der Waals surface area (Å²) in [5, 5.41) is 0. The first-order valence-corrected chi connectivity index (χ1v) is 10.3. The Hall–Kier alpha value is -1.74. The van der Waals surface area contributed by atoms with E-state index in [0.717, 1.165) is 6.92 Å². The van der Waals surface area contributed by atoms with Crippen LogP contribution in [0.3, 0.4) is 0 Å². The van der Waals surface area contributed by atoms with Crippen molar-refractivity contribution in [3.8, 4) is 0 Å². The van der Waals surface area contributed by atoms with E-state index in [1.54, 1.807) is 0 Å². The van der Waals surface area contributed by atoms with Gasteiger partial charge in [-0.1, -0.05) is 12.1 Å². The summed E-state index contributed by atoms with van der Waals surface area (Å²) in [5.74, 6) is -1.69. The van der Waals surface area contributed by atoms with Gasteiger partial charge in [-0.3, -0.25) is 14.2 Å². The SMILES string of the molecule is CCOP(=O)(CC(C)(OCC(F)(F)F)N1C(=O)c2ccccc2C1=O)OCC. The van der Waals surface area contributed by atoms with Crippen molar-refractivity contribution in [2.75, 3.05) is 26.0 Å². The Balaban J connectivity index is 2.46. The minimum atomic E-state index is -4.73. The lowest BCUT2D eigenvalue weighted by Crippen LogP contribution is -2.55. The first-order chi connectivity index (χ1) is 13.0. The highest BCUT2D eigenvalue weighted by Gasteiger charge is 2.52. The fourth-order valence-electron chi connectivity index (χ4n) is 2.92. The number of halogens is 3. The molecule has 1 aromatic carbocycles. The number of fused-ring (bicyclic) bond motifs is 1. The maximum Gasteiger partial charge on any atom is 0.411 e. The molecule has 1 aromatic rings. The van der Waals surface area contributed by atoms with E-state index in [9.17, 15) is 27.3 Å². The van der Waals surface area contributed by atoms with Gasteiger partial charge in [0.15, 0.2) is 5.72 Å². The van der Waals surface area contributed by atoms with E-state index in [2.05, 4.69) is 0 Å². The van der Waals surface area contributed by atoms with E-state index in [4.69, 9.17) is 13.8 Å². The molecule has 2 amide bonds. The molecule has 0 N–H and O–H groups in total. The Labute approximate surface area is 160 Å². The van der Waals surface area contributed by atoms with Crippen LogP contribution >= 0.6 is 7.60 Å². The zero-order valence-corrected chi connectivity index (χ0v) is 16.5. The molecule has 1 heterocycles. The smallest absolute Gasteiger partial charge is 0.345 e. The van der Waals surface area contributed by atoms with Crippen molar-refractivity contribution in [3.63, 3.8) is 0 Å². The van der Waals surface area contributed by atoms with Crippen LogP contribution in [-0.4, -0.2) is 54.6 Å². The van der Waals surface area contributed by atoms with Crippen LogP contribution < -0.4 is 0 Å². The van der Waals surface area contributed by atoms with Gasteiger partial charge in [0.25, 0.3) is 11.8 Å². The van der Waals surface area contributed by atoms with Crippen molar-refractivity contribution in [1.29, 1.82) is 0 Å². The fourth-order valence-corrected chi connectivity index (χ4v) is 4.91. The van der Waals surface area contributed by atoms with Gasteiger partial charge in [0.05, 0.1) is 30.5 Å². The molecule has 0 saturated heterocycles. The molecule has 1 atom stereocenters. The summed E-state index contributed by atoms with van der Waals surface area (Å²) in [6, 6.07) is 5.80. The summed E-state index contributed by atoms with van der Waals surface area (Å²) >= 11 is 0. The molecule has 0 fully saturated rings. The molecule has 7 nitrogen and oxygen atoms in total. The highest BCUT2D eigenvalue weighted by Crippen LogP contribution is 2.52. The minimum Gasteiger partial charge on any atom is -0.345 e. The number of imide groups is 1. The van der Waals surface area contributed by atoms with E-state index in [1.165, 1.54) is 38.1 Å². The lowest BCUT2D eigenvalue weighted by atomic mass is 10.1. The number of carbonyl (C=O) groups is 2. The largest absolute Gasteiger partial charge is 0.411 e. The molecule has 0 aliphatic carbocycles. The Morgan fingerprint density at radius 3 is 1.86 bits per heavy atom. The monoisotopic (exact) mass is 423 g/mol. The highest BCUT2D eigenvalue weighted by atomic mass is 31.2. The number of hydrogen-bond acceptors (Lipinski definition) is 6. The van der Waals surface area contributed by atoms with E-state index >= 15 is 0 Å². The van der Waals surface area contributed by atoms with Gasteiger partial charge < -0.3 is 13.8 Å². The predicted octanol–water partition coefficient (Wildman–Crippen LogP) is 3.84. The fraction of sp³-hybridized carbons (Fsp3) is 0.529. The number of benzene rings is 1. The van der Waals surface area contributed by atoms with Crippen LogP contribution in [0.1, 0.15) is 41.5 Å². The first-order valence-electron chi connectivity index (χ1n) is 8.53. The summed E-state index contributed by atoms with van der Waals surface area (Å²) in [6.45, 7) is 2.30. The lowest BCUT2D eigenvalue weighted by Gasteiger charge is -2.38. The first kappa shape index (κ1) is 22.5. The second kappa shape index (κ2) is 8.32. The summed E-state index contributed by atoms with van der Waals surface area (Å²) in [5.41, 5.74) is -2.16. The summed E-state index contributed by atoms with van der Waals surface area (Å²) in [4.78, 5) is 26.1. The molecule has 28 heavy (non-hydrogen) atoms. The average molecular weight is 423 g/mol. The molecule has 156 valence electrons. The summed E-state index contributed by atoms with van der Waals surface area (Å²) < 4.78 is 66.6. The van der Waals surface area contributed by atoms with Crippen LogP contribution in [0.2, 0.25) is 0 Å². The molecule has 11 heteroatoms. The minimum absolute atomic E-state index is 0.0250. The third-order valence-electron chi connectivity index (χ3n) is 3.95. The van der Waals surface area contributed by atoms with Gasteiger partial charge in [-0.15, -0.1) is 0 Å². The zero-order chi connectivity index (χ0) is 21.2. The molecule has 0 radical (unpaired) electrons. The Morgan fingerprint density at radius 1 is 1.00 bits per heavy atom.